The van der Waals surface area contributed by atoms with Crippen LogP contribution >= 0.6 is 23.2 Å². The molecule has 1 heterocycles. The number of ether oxygens (including phenoxy) is 3. The first-order valence-corrected chi connectivity index (χ1v) is 11.6. The number of rotatable bonds is 7. The molecule has 4 rings (SSSR count). The Balaban J connectivity index is 1.77. The quantitative estimate of drug-likeness (QED) is 0.326. The lowest BCUT2D eigenvalue weighted by Crippen LogP contribution is -2.41. The van der Waals surface area contributed by atoms with E-state index in [-0.39, 0.29) is 40.2 Å². The molecule has 1 aliphatic heterocycles. The van der Waals surface area contributed by atoms with E-state index in [9.17, 15) is 19.7 Å². The van der Waals surface area contributed by atoms with Crippen LogP contribution in [-0.2, 0) is 16.1 Å². The van der Waals surface area contributed by atoms with E-state index in [1.165, 1.54) is 55.5 Å². The molecule has 0 saturated carbocycles. The van der Waals surface area contributed by atoms with Gasteiger partial charge in [0.2, 0.25) is 0 Å². The molecule has 2 amide bonds. The Morgan fingerprint density at radius 3 is 2.51 bits per heavy atom. The number of hydrogen-bond acceptors (Lipinski definition) is 7. The van der Waals surface area contributed by atoms with E-state index < -0.39 is 22.8 Å². The number of nitro benzene ring substituents is 1. The fourth-order valence-corrected chi connectivity index (χ4v) is 4.53. The van der Waals surface area contributed by atoms with Crippen LogP contribution in [0.3, 0.4) is 0 Å². The topological polar surface area (TPSA) is 120 Å². The van der Waals surface area contributed by atoms with Crippen LogP contribution in [0.4, 0.5) is 11.4 Å². The van der Waals surface area contributed by atoms with Crippen LogP contribution < -0.4 is 19.5 Å². The lowest BCUT2D eigenvalue weighted by Gasteiger charge is -2.30. The van der Waals surface area contributed by atoms with Gasteiger partial charge < -0.3 is 24.4 Å². The molecule has 37 heavy (non-hydrogen) atoms. The minimum absolute atomic E-state index is 0.0166. The minimum atomic E-state index is -1.21. The van der Waals surface area contributed by atoms with Crippen molar-refractivity contribution in [3.8, 4) is 17.2 Å². The van der Waals surface area contributed by atoms with Gasteiger partial charge in [-0.1, -0.05) is 23.2 Å². The van der Waals surface area contributed by atoms with E-state index in [2.05, 4.69) is 5.32 Å². The van der Waals surface area contributed by atoms with Crippen LogP contribution in [0.25, 0.3) is 0 Å². The summed E-state index contributed by atoms with van der Waals surface area (Å²) in [6.07, 6.45) is 0. The second kappa shape index (κ2) is 10.9. The number of hydrogen-bond donors (Lipinski definition) is 1. The Morgan fingerprint density at radius 2 is 1.86 bits per heavy atom. The first-order chi connectivity index (χ1) is 17.7. The summed E-state index contributed by atoms with van der Waals surface area (Å²) < 4.78 is 16.4. The van der Waals surface area contributed by atoms with Crippen molar-refractivity contribution < 1.29 is 28.7 Å². The van der Waals surface area contributed by atoms with Gasteiger partial charge in [0.25, 0.3) is 17.5 Å². The van der Waals surface area contributed by atoms with Crippen molar-refractivity contribution in [2.24, 2.45) is 0 Å². The number of nitro groups is 1. The number of anilines is 1. The summed E-state index contributed by atoms with van der Waals surface area (Å²) in [4.78, 5) is 38.8. The summed E-state index contributed by atoms with van der Waals surface area (Å²) in [6.45, 7) is -0.384. The van der Waals surface area contributed by atoms with Crippen molar-refractivity contribution in [2.75, 3.05) is 26.1 Å². The molecule has 1 aliphatic rings. The molecule has 0 radical (unpaired) electrons. The third-order valence-corrected chi connectivity index (χ3v) is 6.23. The summed E-state index contributed by atoms with van der Waals surface area (Å²) >= 11 is 12.6. The van der Waals surface area contributed by atoms with Crippen molar-refractivity contribution in [1.29, 1.82) is 0 Å². The van der Waals surface area contributed by atoms with Gasteiger partial charge in [-0.25, -0.2) is 0 Å². The zero-order chi connectivity index (χ0) is 26.7. The second-order valence-corrected chi connectivity index (χ2v) is 8.83. The van der Waals surface area contributed by atoms with Crippen LogP contribution in [-0.4, -0.2) is 42.5 Å². The van der Waals surface area contributed by atoms with Gasteiger partial charge in [0.1, 0.15) is 23.3 Å². The normalized spacial score (nSPS) is 14.8. The molecule has 1 N–H and O–H groups in total. The predicted molar refractivity (Wildman–Crippen MR) is 137 cm³/mol. The Labute approximate surface area is 221 Å². The Morgan fingerprint density at radius 1 is 1.14 bits per heavy atom. The minimum Gasteiger partial charge on any atom is -0.497 e. The van der Waals surface area contributed by atoms with E-state index in [0.29, 0.717) is 22.7 Å². The maximum atomic E-state index is 13.7. The highest BCUT2D eigenvalue weighted by Gasteiger charge is 2.38. The average Bonchev–Trinajstić information content (AvgIpc) is 3.01. The van der Waals surface area contributed by atoms with Crippen molar-refractivity contribution in [2.45, 2.75) is 12.6 Å². The fraction of sp³-hybridized carbons (Fsp3) is 0.200. The highest BCUT2D eigenvalue weighted by Crippen LogP contribution is 2.41. The van der Waals surface area contributed by atoms with E-state index in [1.54, 1.807) is 18.2 Å². The Hall–Kier alpha value is -4.02. The number of carbonyl (C=O) groups excluding carboxylic acids is 2. The number of benzene rings is 3. The van der Waals surface area contributed by atoms with Crippen LogP contribution in [0.1, 0.15) is 17.2 Å². The van der Waals surface area contributed by atoms with E-state index in [4.69, 9.17) is 37.4 Å². The lowest BCUT2D eigenvalue weighted by molar-refractivity contribution is -0.384. The van der Waals surface area contributed by atoms with Gasteiger partial charge in [-0.2, -0.15) is 0 Å². The largest absolute Gasteiger partial charge is 0.497 e. The van der Waals surface area contributed by atoms with Gasteiger partial charge in [0.15, 0.2) is 6.61 Å². The monoisotopic (exact) mass is 545 g/mol. The van der Waals surface area contributed by atoms with E-state index >= 15 is 0 Å². The standard InChI is InChI=1S/C25H21Cl2N3O7/c1-35-18-8-3-14(21(11-18)36-2)12-29-22(31)13-37-24-19(9-15(26)10-20(24)27)23(29)25(32)28-16-4-6-17(7-5-16)30(33)34/h3-11,23H,12-13H2,1-2H3,(H,28,32). The highest BCUT2D eigenvalue weighted by atomic mass is 35.5. The zero-order valence-electron chi connectivity index (χ0n) is 19.7. The van der Waals surface area contributed by atoms with Gasteiger partial charge in [-0.15, -0.1) is 0 Å². The summed E-state index contributed by atoms with van der Waals surface area (Å²) in [5, 5.41) is 14.1. The third-order valence-electron chi connectivity index (χ3n) is 5.73. The number of fused-ring (bicyclic) bond motifs is 1. The van der Waals surface area contributed by atoms with Gasteiger partial charge in [0, 0.05) is 40.0 Å². The first kappa shape index (κ1) is 26.1. The van der Waals surface area contributed by atoms with Crippen molar-refractivity contribution in [1.82, 2.24) is 4.90 Å². The molecule has 0 aliphatic carbocycles. The summed E-state index contributed by atoms with van der Waals surface area (Å²) in [7, 11) is 3.01. The summed E-state index contributed by atoms with van der Waals surface area (Å²) in [6, 6.07) is 12.2. The molecule has 3 aromatic rings. The van der Waals surface area contributed by atoms with Crippen LogP contribution in [0.5, 0.6) is 17.2 Å². The van der Waals surface area contributed by atoms with Gasteiger partial charge in [0.05, 0.1) is 30.7 Å². The third kappa shape index (κ3) is 5.55. The lowest BCUT2D eigenvalue weighted by atomic mass is 10.0. The fourth-order valence-electron chi connectivity index (χ4n) is 3.97. The smallest absolute Gasteiger partial charge is 0.269 e. The van der Waals surface area contributed by atoms with Crippen molar-refractivity contribution in [3.05, 3.63) is 85.9 Å². The number of amides is 2. The van der Waals surface area contributed by atoms with E-state index in [1.807, 2.05) is 0 Å². The van der Waals surface area contributed by atoms with Crippen LogP contribution in [0.2, 0.25) is 10.0 Å². The molecule has 0 saturated heterocycles. The van der Waals surface area contributed by atoms with Gasteiger partial charge >= 0.3 is 0 Å². The van der Waals surface area contributed by atoms with Crippen molar-refractivity contribution >= 4 is 46.4 Å². The molecule has 0 spiro atoms. The van der Waals surface area contributed by atoms with Crippen LogP contribution in [0, 0.1) is 10.1 Å². The molecule has 0 fully saturated rings. The summed E-state index contributed by atoms with van der Waals surface area (Å²) in [5.74, 6) is 0.0935. The van der Waals surface area contributed by atoms with Crippen molar-refractivity contribution in [3.63, 3.8) is 0 Å². The molecular formula is C25H21Cl2N3O7. The first-order valence-electron chi connectivity index (χ1n) is 10.9. The average molecular weight is 546 g/mol. The number of non-ortho nitro benzene ring substituents is 1. The maximum absolute atomic E-state index is 13.7. The molecule has 0 aromatic heterocycles. The van der Waals surface area contributed by atoms with E-state index in [0.717, 1.165) is 0 Å². The SMILES string of the molecule is COc1ccc(CN2C(=O)COc3c(Cl)cc(Cl)cc3C2C(=O)Nc2ccc([N+](=O)[O-])cc2)c(OC)c1. The van der Waals surface area contributed by atoms with Gasteiger partial charge in [-0.3, -0.25) is 19.7 Å². The molecular weight excluding hydrogens is 525 g/mol. The molecule has 192 valence electrons. The number of halogens is 2. The molecule has 1 atom stereocenters. The number of methoxy groups -OCH3 is 2. The zero-order valence-corrected chi connectivity index (χ0v) is 21.2. The molecule has 1 unspecified atom stereocenters. The maximum Gasteiger partial charge on any atom is 0.269 e. The molecule has 0 bridgehead atoms. The number of nitrogens with zero attached hydrogens (tertiary/aromatic N) is 2. The molecule has 12 heteroatoms. The second-order valence-electron chi connectivity index (χ2n) is 7.99. The highest BCUT2D eigenvalue weighted by molar-refractivity contribution is 6.35. The Kier molecular flexibility index (Phi) is 7.70. The summed E-state index contributed by atoms with van der Waals surface area (Å²) in [5.41, 5.74) is 1.06. The van der Waals surface area contributed by atoms with Crippen LogP contribution in [0.15, 0.2) is 54.6 Å². The molecule has 10 nitrogen and oxygen atoms in total. The Bertz CT molecular complexity index is 1370. The number of carbonyl (C=O) groups is 2. The molecule has 3 aromatic carbocycles. The number of nitrogens with one attached hydrogen (secondary N) is 1. The van der Waals surface area contributed by atoms with Gasteiger partial charge in [-0.05, 0) is 36.4 Å². The predicted octanol–water partition coefficient (Wildman–Crippen LogP) is 5.02.